The second-order valence-electron chi connectivity index (χ2n) is 5.78. The molecule has 0 unspecified atom stereocenters. The fourth-order valence-corrected chi connectivity index (χ4v) is 2.78. The number of rotatable bonds is 3. The summed E-state index contributed by atoms with van der Waals surface area (Å²) < 4.78 is 1.94. The van der Waals surface area contributed by atoms with E-state index in [0.29, 0.717) is 38.2 Å². The molecule has 0 atom stereocenters. The molecule has 0 saturated carbocycles. The van der Waals surface area contributed by atoms with Gasteiger partial charge in [-0.3, -0.25) is 14.6 Å². The lowest BCUT2D eigenvalue weighted by atomic mass is 10.2. The first-order valence-corrected chi connectivity index (χ1v) is 7.71. The summed E-state index contributed by atoms with van der Waals surface area (Å²) in [6, 6.07) is 5.48. The van der Waals surface area contributed by atoms with Gasteiger partial charge in [0, 0.05) is 58.0 Å². The second-order valence-corrected chi connectivity index (χ2v) is 5.78. The summed E-state index contributed by atoms with van der Waals surface area (Å²) in [5.41, 5.74) is 1.61. The van der Waals surface area contributed by atoms with Crippen molar-refractivity contribution in [3.8, 4) is 0 Å². The third kappa shape index (κ3) is 3.59. The number of piperazine rings is 1. The summed E-state index contributed by atoms with van der Waals surface area (Å²) in [5.74, 6) is 0.0953. The number of pyridine rings is 1. The zero-order valence-electron chi connectivity index (χ0n) is 13.2. The Labute approximate surface area is 135 Å². The predicted octanol–water partition coefficient (Wildman–Crippen LogP) is 0.947. The molecule has 2 aromatic rings. The number of nitrogens with zero attached hydrogens (tertiary/aromatic N) is 4. The third-order valence-corrected chi connectivity index (χ3v) is 4.08. The summed E-state index contributed by atoms with van der Waals surface area (Å²) in [5, 5.41) is 0. The van der Waals surface area contributed by atoms with E-state index in [4.69, 9.17) is 0 Å². The van der Waals surface area contributed by atoms with Gasteiger partial charge < -0.3 is 14.4 Å². The van der Waals surface area contributed by atoms with Crippen molar-refractivity contribution < 1.29 is 9.59 Å². The van der Waals surface area contributed by atoms with Crippen LogP contribution in [0, 0.1) is 0 Å². The van der Waals surface area contributed by atoms with E-state index in [1.165, 1.54) is 0 Å². The van der Waals surface area contributed by atoms with E-state index in [-0.39, 0.29) is 11.8 Å². The molecular formula is C17H20N4O2. The molecule has 3 rings (SSSR count). The molecule has 0 radical (unpaired) electrons. The predicted molar refractivity (Wildman–Crippen MR) is 85.8 cm³/mol. The van der Waals surface area contributed by atoms with E-state index >= 15 is 0 Å². The van der Waals surface area contributed by atoms with Crippen molar-refractivity contribution in [2.45, 2.75) is 6.42 Å². The first-order chi connectivity index (χ1) is 11.1. The van der Waals surface area contributed by atoms with Crippen LogP contribution in [0.1, 0.15) is 15.9 Å². The Morgan fingerprint density at radius 2 is 1.87 bits per heavy atom. The van der Waals surface area contributed by atoms with Crippen LogP contribution in [-0.2, 0) is 18.3 Å². The molecule has 3 heterocycles. The Balaban J connectivity index is 1.54. The van der Waals surface area contributed by atoms with E-state index in [0.717, 1.165) is 5.56 Å². The van der Waals surface area contributed by atoms with Crippen LogP contribution in [0.3, 0.4) is 0 Å². The van der Waals surface area contributed by atoms with E-state index in [9.17, 15) is 9.59 Å². The number of hydrogen-bond acceptors (Lipinski definition) is 3. The van der Waals surface area contributed by atoms with Crippen LogP contribution in [0.25, 0.3) is 0 Å². The number of aromatic nitrogens is 2. The molecule has 6 nitrogen and oxygen atoms in total. The van der Waals surface area contributed by atoms with Crippen molar-refractivity contribution >= 4 is 11.8 Å². The maximum Gasteiger partial charge on any atom is 0.255 e. The molecule has 0 N–H and O–H groups in total. The van der Waals surface area contributed by atoms with Gasteiger partial charge in [-0.1, -0.05) is 0 Å². The lowest BCUT2D eigenvalue weighted by Crippen LogP contribution is -2.51. The highest BCUT2D eigenvalue weighted by Crippen LogP contribution is 2.10. The minimum atomic E-state index is -0.0201. The minimum absolute atomic E-state index is 0.0201. The third-order valence-electron chi connectivity index (χ3n) is 4.08. The van der Waals surface area contributed by atoms with Crippen molar-refractivity contribution in [1.82, 2.24) is 19.4 Å². The van der Waals surface area contributed by atoms with Gasteiger partial charge in [0.05, 0.1) is 12.0 Å². The monoisotopic (exact) mass is 312 g/mol. The van der Waals surface area contributed by atoms with Crippen LogP contribution in [0.4, 0.5) is 0 Å². The van der Waals surface area contributed by atoms with Crippen molar-refractivity contribution in [3.05, 3.63) is 54.1 Å². The standard InChI is InChI=1S/C17H20N4O2/c1-19-6-4-14(13-19)11-16(22)20-7-9-21(10-8-20)17(23)15-3-2-5-18-12-15/h2-6,12-13H,7-11H2,1H3. The van der Waals surface area contributed by atoms with Gasteiger partial charge in [-0.15, -0.1) is 0 Å². The molecule has 23 heavy (non-hydrogen) atoms. The summed E-state index contributed by atoms with van der Waals surface area (Å²) >= 11 is 0. The fraction of sp³-hybridized carbons (Fsp3) is 0.353. The molecule has 2 amide bonds. The van der Waals surface area contributed by atoms with Crippen LogP contribution in [0.15, 0.2) is 43.0 Å². The first kappa shape index (κ1) is 15.3. The van der Waals surface area contributed by atoms with Crippen molar-refractivity contribution in [1.29, 1.82) is 0 Å². The van der Waals surface area contributed by atoms with Crippen LogP contribution in [0.5, 0.6) is 0 Å². The maximum absolute atomic E-state index is 12.3. The zero-order chi connectivity index (χ0) is 16.2. The lowest BCUT2D eigenvalue weighted by Gasteiger charge is -2.34. The van der Waals surface area contributed by atoms with Crippen LogP contribution in [0.2, 0.25) is 0 Å². The average Bonchev–Trinajstić information content (AvgIpc) is 3.00. The van der Waals surface area contributed by atoms with Crippen LogP contribution < -0.4 is 0 Å². The average molecular weight is 312 g/mol. The number of amides is 2. The SMILES string of the molecule is Cn1ccc(CC(=O)N2CCN(C(=O)c3cccnc3)CC2)c1. The van der Waals surface area contributed by atoms with Crippen molar-refractivity contribution in [2.75, 3.05) is 26.2 Å². The molecule has 0 aliphatic carbocycles. The van der Waals surface area contributed by atoms with Gasteiger partial charge in [0.2, 0.25) is 5.91 Å². The number of carbonyl (C=O) groups is 2. The quantitative estimate of drug-likeness (QED) is 0.848. The molecule has 1 aliphatic heterocycles. The summed E-state index contributed by atoms with van der Waals surface area (Å²) in [6.07, 6.45) is 7.54. The Kier molecular flexibility index (Phi) is 4.41. The highest BCUT2D eigenvalue weighted by molar-refractivity contribution is 5.94. The largest absolute Gasteiger partial charge is 0.357 e. The smallest absolute Gasteiger partial charge is 0.255 e. The molecule has 0 bridgehead atoms. The highest BCUT2D eigenvalue weighted by Gasteiger charge is 2.24. The Hall–Kier alpha value is -2.63. The lowest BCUT2D eigenvalue weighted by molar-refractivity contribution is -0.131. The minimum Gasteiger partial charge on any atom is -0.357 e. The van der Waals surface area contributed by atoms with E-state index in [1.807, 2.05) is 35.0 Å². The van der Waals surface area contributed by atoms with Gasteiger partial charge in [-0.05, 0) is 23.8 Å². The molecule has 1 fully saturated rings. The molecule has 2 aromatic heterocycles. The molecule has 0 aromatic carbocycles. The number of hydrogen-bond donors (Lipinski definition) is 0. The zero-order valence-corrected chi connectivity index (χ0v) is 13.2. The van der Waals surface area contributed by atoms with Crippen LogP contribution in [-0.4, -0.2) is 57.3 Å². The Morgan fingerprint density at radius 1 is 1.13 bits per heavy atom. The van der Waals surface area contributed by atoms with Gasteiger partial charge in [-0.2, -0.15) is 0 Å². The Bertz CT molecular complexity index is 688. The number of carbonyl (C=O) groups excluding carboxylic acids is 2. The molecule has 1 aliphatic rings. The van der Waals surface area contributed by atoms with E-state index in [2.05, 4.69) is 4.98 Å². The molecule has 0 spiro atoms. The van der Waals surface area contributed by atoms with Crippen molar-refractivity contribution in [3.63, 3.8) is 0 Å². The van der Waals surface area contributed by atoms with Gasteiger partial charge in [0.15, 0.2) is 0 Å². The van der Waals surface area contributed by atoms with Gasteiger partial charge >= 0.3 is 0 Å². The summed E-state index contributed by atoms with van der Waals surface area (Å²) in [7, 11) is 1.94. The van der Waals surface area contributed by atoms with Crippen molar-refractivity contribution in [2.24, 2.45) is 7.05 Å². The van der Waals surface area contributed by atoms with Gasteiger partial charge in [-0.25, -0.2) is 0 Å². The van der Waals surface area contributed by atoms with E-state index in [1.54, 1.807) is 29.4 Å². The number of aryl methyl sites for hydroxylation is 1. The second kappa shape index (κ2) is 6.64. The molecule has 1 saturated heterocycles. The summed E-state index contributed by atoms with van der Waals surface area (Å²) in [4.78, 5) is 32.3. The fourth-order valence-electron chi connectivity index (χ4n) is 2.78. The Morgan fingerprint density at radius 3 is 2.48 bits per heavy atom. The maximum atomic E-state index is 12.3. The van der Waals surface area contributed by atoms with E-state index < -0.39 is 0 Å². The summed E-state index contributed by atoms with van der Waals surface area (Å²) in [6.45, 7) is 2.29. The first-order valence-electron chi connectivity index (χ1n) is 7.71. The topological polar surface area (TPSA) is 58.4 Å². The van der Waals surface area contributed by atoms with Gasteiger partial charge in [0.1, 0.15) is 0 Å². The molecule has 120 valence electrons. The van der Waals surface area contributed by atoms with Gasteiger partial charge in [0.25, 0.3) is 5.91 Å². The van der Waals surface area contributed by atoms with Crippen LogP contribution >= 0.6 is 0 Å². The molecular weight excluding hydrogens is 292 g/mol. The normalized spacial score (nSPS) is 14.8. The highest BCUT2D eigenvalue weighted by atomic mass is 16.2. The molecule has 6 heteroatoms.